The SMILES string of the molecule is CCCN(Cc1cc(O)c2c(c1C(F)(F)F)C[C@H]1CC3[C@H](N(C)C)C(O)=C(C(N)=O)C(=N)[C@@]3(O)C(=O)C1=C2O)CC1CC1. The van der Waals surface area contributed by atoms with Crippen LogP contribution >= 0.6 is 0 Å². The van der Waals surface area contributed by atoms with Gasteiger partial charge < -0.3 is 31.6 Å². The molecule has 7 N–H and O–H groups in total. The van der Waals surface area contributed by atoms with E-state index in [-0.39, 0.29) is 30.5 Å². The van der Waals surface area contributed by atoms with Gasteiger partial charge >= 0.3 is 6.18 Å². The standard InChI is InChI=1S/C30H37F3N4O6/c1-4-7-37(11-13-5-6-13)12-15-10-18(38)20-16(22(15)30(31,32)33)8-14-9-17-23(36(2)3)25(40)21(28(35)42)26(34)29(17,43)27(41)19(14)24(20)39/h10,13-14,17,23,34,38-40,43H,4-9,11-12H2,1-3H3,(H2,35,42)/t14-,17?,23-,29+/m0/s1. The van der Waals surface area contributed by atoms with E-state index < -0.39 is 86.6 Å². The number of primary amides is 1. The molecule has 2 saturated carbocycles. The number of aliphatic hydroxyl groups excluding tert-OH is 2. The summed E-state index contributed by atoms with van der Waals surface area (Å²) < 4.78 is 44.4. The first-order valence-electron chi connectivity index (χ1n) is 14.4. The molecule has 2 fully saturated rings. The quantitative estimate of drug-likeness (QED) is 0.262. The molecule has 4 aliphatic rings. The highest BCUT2D eigenvalue weighted by Crippen LogP contribution is 2.54. The zero-order valence-corrected chi connectivity index (χ0v) is 24.3. The number of nitrogens with one attached hydrogen (secondary N) is 1. The molecular formula is C30H37F3N4O6. The molecule has 1 aromatic carbocycles. The van der Waals surface area contributed by atoms with E-state index in [4.69, 9.17) is 11.1 Å². The van der Waals surface area contributed by atoms with E-state index in [2.05, 4.69) is 0 Å². The Balaban J connectivity index is 1.67. The summed E-state index contributed by atoms with van der Waals surface area (Å²) in [5.74, 6) is -6.47. The van der Waals surface area contributed by atoms with E-state index in [0.717, 1.165) is 25.3 Å². The van der Waals surface area contributed by atoms with Crippen molar-refractivity contribution >= 4 is 23.2 Å². The van der Waals surface area contributed by atoms with Crippen LogP contribution < -0.4 is 5.73 Å². The normalized spacial score (nSPS) is 27.5. The molecule has 4 aliphatic carbocycles. The Bertz CT molecular complexity index is 1460. The summed E-state index contributed by atoms with van der Waals surface area (Å²) in [6.07, 6.45) is -2.69. The van der Waals surface area contributed by atoms with Gasteiger partial charge in [0.2, 0.25) is 5.78 Å². The number of benzene rings is 1. The number of phenolic OH excluding ortho intramolecular Hbond substituents is 1. The highest BCUT2D eigenvalue weighted by atomic mass is 19.4. The molecule has 234 valence electrons. The van der Waals surface area contributed by atoms with Gasteiger partial charge in [-0.1, -0.05) is 6.92 Å². The van der Waals surface area contributed by atoms with Gasteiger partial charge in [0.05, 0.1) is 22.9 Å². The number of hydrogen-bond donors (Lipinski definition) is 6. The van der Waals surface area contributed by atoms with E-state index in [0.29, 0.717) is 19.0 Å². The third kappa shape index (κ3) is 4.91. The van der Waals surface area contributed by atoms with E-state index in [1.807, 2.05) is 11.8 Å². The number of phenols is 1. The molecule has 1 amide bonds. The number of fused-ring (bicyclic) bond motifs is 3. The second kappa shape index (κ2) is 10.6. The number of amides is 1. The van der Waals surface area contributed by atoms with Crippen LogP contribution in [0.4, 0.5) is 13.2 Å². The third-order valence-electron chi connectivity index (χ3n) is 9.29. The first-order chi connectivity index (χ1) is 20.0. The second-order valence-electron chi connectivity index (χ2n) is 12.5. The largest absolute Gasteiger partial charge is 0.510 e. The Labute approximate surface area is 246 Å². The maximum atomic E-state index is 14.8. The predicted molar refractivity (Wildman–Crippen MR) is 150 cm³/mol. The Hall–Kier alpha value is -3.42. The van der Waals surface area contributed by atoms with Crippen LogP contribution in [0.5, 0.6) is 5.75 Å². The van der Waals surface area contributed by atoms with Crippen molar-refractivity contribution in [3.05, 3.63) is 45.2 Å². The molecule has 0 aliphatic heterocycles. The molecule has 5 rings (SSSR count). The van der Waals surface area contributed by atoms with E-state index in [1.165, 1.54) is 19.0 Å². The fraction of sp³-hybridized carbons (Fsp3) is 0.567. The lowest BCUT2D eigenvalue weighted by Crippen LogP contribution is -2.67. The summed E-state index contributed by atoms with van der Waals surface area (Å²) in [6.45, 7) is 3.09. The summed E-state index contributed by atoms with van der Waals surface area (Å²) >= 11 is 0. The number of nitrogens with two attached hydrogens (primary N) is 1. The number of aliphatic hydroxyl groups is 3. The highest BCUT2D eigenvalue weighted by molar-refractivity contribution is 6.33. The Morgan fingerprint density at radius 2 is 1.86 bits per heavy atom. The average molecular weight is 607 g/mol. The van der Waals surface area contributed by atoms with Crippen LogP contribution in [0.2, 0.25) is 0 Å². The summed E-state index contributed by atoms with van der Waals surface area (Å²) in [7, 11) is 3.02. The van der Waals surface area contributed by atoms with Crippen LogP contribution in [0.25, 0.3) is 5.76 Å². The number of aromatic hydroxyl groups is 1. The fourth-order valence-electron chi connectivity index (χ4n) is 7.38. The Morgan fingerprint density at radius 3 is 2.40 bits per heavy atom. The number of carbonyl (C=O) groups is 2. The molecule has 0 heterocycles. The molecular weight excluding hydrogens is 569 g/mol. The van der Waals surface area contributed by atoms with Crippen molar-refractivity contribution in [1.82, 2.24) is 9.80 Å². The first-order valence-corrected chi connectivity index (χ1v) is 14.4. The van der Waals surface area contributed by atoms with Gasteiger partial charge in [-0.25, -0.2) is 0 Å². The monoisotopic (exact) mass is 606 g/mol. The van der Waals surface area contributed by atoms with Crippen molar-refractivity contribution in [2.75, 3.05) is 27.2 Å². The maximum absolute atomic E-state index is 14.8. The highest BCUT2D eigenvalue weighted by Gasteiger charge is 2.63. The smallest absolute Gasteiger partial charge is 0.417 e. The van der Waals surface area contributed by atoms with Crippen molar-refractivity contribution in [3.8, 4) is 5.75 Å². The molecule has 0 radical (unpaired) electrons. The van der Waals surface area contributed by atoms with Gasteiger partial charge in [0.1, 0.15) is 22.8 Å². The van der Waals surface area contributed by atoms with Crippen molar-refractivity contribution in [1.29, 1.82) is 5.41 Å². The minimum atomic E-state index is -4.85. The summed E-state index contributed by atoms with van der Waals surface area (Å²) in [5, 5.41) is 53.6. The molecule has 43 heavy (non-hydrogen) atoms. The summed E-state index contributed by atoms with van der Waals surface area (Å²) in [6, 6.07) is -0.196. The van der Waals surface area contributed by atoms with E-state index >= 15 is 0 Å². The van der Waals surface area contributed by atoms with Crippen LogP contribution in [-0.2, 0) is 28.7 Å². The van der Waals surface area contributed by atoms with Crippen LogP contribution in [-0.4, -0.2) is 86.5 Å². The molecule has 0 spiro atoms. The number of hydrogen-bond acceptors (Lipinski definition) is 9. The van der Waals surface area contributed by atoms with Gasteiger partial charge in [0.15, 0.2) is 5.60 Å². The number of nitrogens with zero attached hydrogens (tertiary/aromatic N) is 2. The van der Waals surface area contributed by atoms with Crippen molar-refractivity contribution < 1.29 is 43.2 Å². The lowest BCUT2D eigenvalue weighted by Gasteiger charge is -2.51. The Kier molecular flexibility index (Phi) is 7.67. The first kappa shape index (κ1) is 31.0. The molecule has 4 atom stereocenters. The summed E-state index contributed by atoms with van der Waals surface area (Å²) in [5.41, 5.74) is -1.44. The second-order valence-corrected chi connectivity index (χ2v) is 12.5. The van der Waals surface area contributed by atoms with E-state index in [9.17, 15) is 43.2 Å². The van der Waals surface area contributed by atoms with Gasteiger partial charge in [-0.15, -0.1) is 0 Å². The molecule has 0 bridgehead atoms. The minimum Gasteiger partial charge on any atom is -0.510 e. The van der Waals surface area contributed by atoms with Gasteiger partial charge in [-0.05, 0) is 81.8 Å². The number of likely N-dealkylation sites (N-methyl/N-ethyl adjacent to an activating group) is 1. The third-order valence-corrected chi connectivity index (χ3v) is 9.29. The maximum Gasteiger partial charge on any atom is 0.417 e. The van der Waals surface area contributed by atoms with Crippen LogP contribution in [0.3, 0.4) is 0 Å². The summed E-state index contributed by atoms with van der Waals surface area (Å²) in [4.78, 5) is 29.5. The van der Waals surface area contributed by atoms with Crippen LogP contribution in [0, 0.1) is 23.2 Å². The van der Waals surface area contributed by atoms with Gasteiger partial charge in [-0.3, -0.25) is 19.4 Å². The van der Waals surface area contributed by atoms with E-state index in [1.54, 1.807) is 0 Å². The van der Waals surface area contributed by atoms with Gasteiger partial charge in [0, 0.05) is 24.6 Å². The molecule has 0 aromatic heterocycles. The predicted octanol–water partition coefficient (Wildman–Crippen LogP) is 3.06. The zero-order chi connectivity index (χ0) is 31.8. The van der Waals surface area contributed by atoms with Gasteiger partial charge in [0.25, 0.3) is 5.91 Å². The molecule has 1 unspecified atom stereocenters. The van der Waals surface area contributed by atoms with Crippen LogP contribution in [0.1, 0.15) is 54.9 Å². The number of Topliss-reactive ketones (excluding diaryl/α,β-unsaturated/α-hetero) is 1. The van der Waals surface area contributed by atoms with Crippen molar-refractivity contribution in [2.24, 2.45) is 23.5 Å². The minimum absolute atomic E-state index is 0.0578. The molecule has 13 heteroatoms. The van der Waals surface area contributed by atoms with Crippen molar-refractivity contribution in [2.45, 2.75) is 63.4 Å². The molecule has 10 nitrogen and oxygen atoms in total. The van der Waals surface area contributed by atoms with Crippen molar-refractivity contribution in [3.63, 3.8) is 0 Å². The lowest BCUT2D eigenvalue weighted by atomic mass is 9.56. The number of ketones is 1. The average Bonchev–Trinajstić information content (AvgIpc) is 3.69. The number of rotatable bonds is 8. The van der Waals surface area contributed by atoms with Crippen LogP contribution in [0.15, 0.2) is 23.0 Å². The number of carbonyl (C=O) groups excluding carboxylic acids is 2. The van der Waals surface area contributed by atoms with Gasteiger partial charge in [-0.2, -0.15) is 13.2 Å². The Morgan fingerprint density at radius 1 is 1.21 bits per heavy atom. The number of halogens is 3. The number of alkyl halides is 3. The topological polar surface area (TPSA) is 171 Å². The zero-order valence-electron chi connectivity index (χ0n) is 24.3. The molecule has 1 aromatic rings. The lowest BCUT2D eigenvalue weighted by molar-refractivity contribution is -0.139. The molecule has 0 saturated heterocycles. The fourth-order valence-corrected chi connectivity index (χ4v) is 7.38.